The van der Waals surface area contributed by atoms with Crippen LogP contribution in [0, 0.1) is 5.82 Å². The highest BCUT2D eigenvalue weighted by molar-refractivity contribution is 5.76. The molecule has 10 heteroatoms. The van der Waals surface area contributed by atoms with E-state index in [1.807, 2.05) is 0 Å². The standard InChI is InChI=1S/C21H20F4N2O4/c1-11(7-16(12(2)28)15-5-6-27-17(10-26)20(15)22)31-18-9-14(21(23,24)25)4-3-13(18)8-19(29)30/h3-7,9,28H,8,10,26H2,1-2H3,(H,29,30)/b11-7+,16-12-. The van der Waals surface area contributed by atoms with E-state index in [-0.39, 0.29) is 46.2 Å². The Kier molecular flexibility index (Phi) is 7.40. The summed E-state index contributed by atoms with van der Waals surface area (Å²) >= 11 is 0. The van der Waals surface area contributed by atoms with Crippen LogP contribution in [-0.2, 0) is 23.9 Å². The number of alkyl halides is 3. The third-order valence-electron chi connectivity index (χ3n) is 4.19. The summed E-state index contributed by atoms with van der Waals surface area (Å²) in [6.45, 7) is 2.48. The number of nitrogens with zero attached hydrogens (tertiary/aromatic N) is 1. The molecule has 2 aromatic rings. The summed E-state index contributed by atoms with van der Waals surface area (Å²) < 4.78 is 59.3. The Bertz CT molecular complexity index is 1040. The predicted molar refractivity (Wildman–Crippen MR) is 104 cm³/mol. The highest BCUT2D eigenvalue weighted by Gasteiger charge is 2.31. The van der Waals surface area contributed by atoms with Crippen LogP contribution in [0.25, 0.3) is 5.57 Å². The first kappa shape index (κ1) is 23.9. The van der Waals surface area contributed by atoms with Gasteiger partial charge in [0.1, 0.15) is 11.5 Å². The number of hydrogen-bond donors (Lipinski definition) is 3. The van der Waals surface area contributed by atoms with Gasteiger partial charge in [-0.25, -0.2) is 4.39 Å². The zero-order chi connectivity index (χ0) is 23.3. The van der Waals surface area contributed by atoms with Gasteiger partial charge in [0, 0.05) is 29.4 Å². The van der Waals surface area contributed by atoms with Gasteiger partial charge < -0.3 is 20.7 Å². The average Bonchev–Trinajstić information content (AvgIpc) is 2.66. The minimum Gasteiger partial charge on any atom is -0.512 e. The van der Waals surface area contributed by atoms with E-state index in [9.17, 15) is 27.5 Å². The first-order valence-electron chi connectivity index (χ1n) is 8.95. The number of pyridine rings is 1. The Balaban J connectivity index is 2.50. The summed E-state index contributed by atoms with van der Waals surface area (Å²) in [6, 6.07) is 3.76. The lowest BCUT2D eigenvalue weighted by atomic mass is 10.0. The normalized spacial score (nSPS) is 13.1. The molecular formula is C21H20F4N2O4. The molecule has 6 nitrogen and oxygen atoms in total. The molecule has 0 unspecified atom stereocenters. The minimum atomic E-state index is -4.66. The summed E-state index contributed by atoms with van der Waals surface area (Å²) in [5.74, 6) is -2.64. The van der Waals surface area contributed by atoms with Gasteiger partial charge in [-0.3, -0.25) is 9.78 Å². The summed E-state index contributed by atoms with van der Waals surface area (Å²) in [5.41, 5.74) is 4.36. The molecule has 31 heavy (non-hydrogen) atoms. The van der Waals surface area contributed by atoms with Crippen LogP contribution in [-0.4, -0.2) is 21.2 Å². The highest BCUT2D eigenvalue weighted by atomic mass is 19.4. The first-order valence-corrected chi connectivity index (χ1v) is 8.95. The van der Waals surface area contributed by atoms with Crippen molar-refractivity contribution in [2.45, 2.75) is 33.0 Å². The number of aliphatic hydroxyl groups excluding tert-OH is 1. The molecule has 0 saturated heterocycles. The number of ether oxygens (including phenoxy) is 1. The summed E-state index contributed by atoms with van der Waals surface area (Å²) in [4.78, 5) is 14.8. The molecule has 0 amide bonds. The molecule has 0 aliphatic rings. The number of aliphatic carboxylic acids is 1. The van der Waals surface area contributed by atoms with Crippen LogP contribution in [0.15, 0.2) is 48.1 Å². The number of benzene rings is 1. The number of carboxylic acids is 1. The zero-order valence-electron chi connectivity index (χ0n) is 16.6. The third kappa shape index (κ3) is 6.05. The molecule has 0 fully saturated rings. The van der Waals surface area contributed by atoms with Crippen LogP contribution < -0.4 is 10.5 Å². The molecule has 0 bridgehead atoms. The van der Waals surface area contributed by atoms with Crippen LogP contribution in [0.5, 0.6) is 5.75 Å². The van der Waals surface area contributed by atoms with E-state index >= 15 is 0 Å². The fraction of sp³-hybridized carbons (Fsp3) is 0.238. The molecule has 0 atom stereocenters. The van der Waals surface area contributed by atoms with Crippen molar-refractivity contribution in [3.05, 3.63) is 76.3 Å². The molecule has 1 aromatic heterocycles. The van der Waals surface area contributed by atoms with Gasteiger partial charge in [-0.15, -0.1) is 0 Å². The molecule has 4 N–H and O–H groups in total. The second-order valence-corrected chi connectivity index (χ2v) is 6.57. The van der Waals surface area contributed by atoms with Crippen LogP contribution >= 0.6 is 0 Å². The van der Waals surface area contributed by atoms with Crippen molar-refractivity contribution in [1.82, 2.24) is 4.98 Å². The molecule has 0 aliphatic carbocycles. The lowest BCUT2D eigenvalue weighted by Gasteiger charge is -2.15. The SMILES string of the molecule is C/C(O)=C(\C=C(/C)Oc1cc(C(F)(F)F)ccc1CC(=O)O)c1ccnc(CN)c1F. The second-order valence-electron chi connectivity index (χ2n) is 6.57. The highest BCUT2D eigenvalue weighted by Crippen LogP contribution is 2.34. The Morgan fingerprint density at radius 3 is 2.45 bits per heavy atom. The van der Waals surface area contributed by atoms with E-state index in [2.05, 4.69) is 4.98 Å². The number of aromatic nitrogens is 1. The maximum Gasteiger partial charge on any atom is 0.416 e. The number of nitrogens with two attached hydrogens (primary N) is 1. The van der Waals surface area contributed by atoms with E-state index in [0.29, 0.717) is 6.07 Å². The number of hydrogen-bond acceptors (Lipinski definition) is 5. The average molecular weight is 440 g/mol. The summed E-state index contributed by atoms with van der Waals surface area (Å²) in [5, 5.41) is 19.0. The van der Waals surface area contributed by atoms with E-state index < -0.39 is 29.9 Å². The van der Waals surface area contributed by atoms with Gasteiger partial charge in [0.05, 0.1) is 23.4 Å². The number of allylic oxidation sites excluding steroid dienone is 4. The maximum atomic E-state index is 14.6. The molecular weight excluding hydrogens is 420 g/mol. The van der Waals surface area contributed by atoms with E-state index in [1.54, 1.807) is 0 Å². The smallest absolute Gasteiger partial charge is 0.416 e. The Morgan fingerprint density at radius 1 is 1.23 bits per heavy atom. The van der Waals surface area contributed by atoms with Crippen molar-refractivity contribution in [3.63, 3.8) is 0 Å². The summed E-state index contributed by atoms with van der Waals surface area (Å²) in [7, 11) is 0. The topological polar surface area (TPSA) is 106 Å². The van der Waals surface area contributed by atoms with Gasteiger partial charge in [-0.2, -0.15) is 13.2 Å². The molecule has 0 aliphatic heterocycles. The van der Waals surface area contributed by atoms with Crippen molar-refractivity contribution in [2.24, 2.45) is 5.73 Å². The maximum absolute atomic E-state index is 14.6. The first-order chi connectivity index (χ1) is 14.4. The lowest BCUT2D eigenvalue weighted by molar-refractivity contribution is -0.137. The van der Waals surface area contributed by atoms with E-state index in [0.717, 1.165) is 12.1 Å². The fourth-order valence-electron chi connectivity index (χ4n) is 2.76. The largest absolute Gasteiger partial charge is 0.512 e. The molecule has 0 radical (unpaired) electrons. The fourth-order valence-corrected chi connectivity index (χ4v) is 2.76. The lowest BCUT2D eigenvalue weighted by Crippen LogP contribution is -2.09. The Morgan fingerprint density at radius 2 is 1.90 bits per heavy atom. The predicted octanol–water partition coefficient (Wildman–Crippen LogP) is 4.60. The minimum absolute atomic E-state index is 0.00106. The van der Waals surface area contributed by atoms with Crippen molar-refractivity contribution in [1.29, 1.82) is 0 Å². The van der Waals surface area contributed by atoms with E-state index in [1.165, 1.54) is 32.2 Å². The molecule has 0 saturated carbocycles. The van der Waals surface area contributed by atoms with Crippen molar-refractivity contribution < 1.29 is 37.3 Å². The van der Waals surface area contributed by atoms with Gasteiger partial charge in [-0.05, 0) is 38.1 Å². The van der Waals surface area contributed by atoms with Gasteiger partial charge in [0.15, 0.2) is 5.82 Å². The quantitative estimate of drug-likeness (QED) is 0.330. The van der Waals surface area contributed by atoms with Crippen LogP contribution in [0.2, 0.25) is 0 Å². The van der Waals surface area contributed by atoms with Crippen LogP contribution in [0.3, 0.4) is 0 Å². The van der Waals surface area contributed by atoms with Gasteiger partial charge in [0.2, 0.25) is 0 Å². The number of aliphatic hydroxyl groups is 1. The third-order valence-corrected chi connectivity index (χ3v) is 4.19. The Hall–Kier alpha value is -3.40. The van der Waals surface area contributed by atoms with E-state index in [4.69, 9.17) is 15.6 Å². The van der Waals surface area contributed by atoms with Gasteiger partial charge in [-0.1, -0.05) is 6.07 Å². The second kappa shape index (κ2) is 9.61. The number of halogens is 4. The van der Waals surface area contributed by atoms with Gasteiger partial charge in [0.25, 0.3) is 0 Å². The number of rotatable bonds is 7. The molecule has 0 spiro atoms. The number of carboxylic acid groups (broad SMARTS) is 1. The van der Waals surface area contributed by atoms with Crippen molar-refractivity contribution in [2.75, 3.05) is 0 Å². The van der Waals surface area contributed by atoms with Crippen molar-refractivity contribution >= 4 is 11.5 Å². The molecule has 1 heterocycles. The molecule has 1 aromatic carbocycles. The molecule has 2 rings (SSSR count). The molecule has 166 valence electrons. The monoisotopic (exact) mass is 440 g/mol. The summed E-state index contributed by atoms with van der Waals surface area (Å²) in [6.07, 6.45) is -2.71. The van der Waals surface area contributed by atoms with Crippen molar-refractivity contribution in [3.8, 4) is 5.75 Å². The van der Waals surface area contributed by atoms with Crippen LogP contribution in [0.1, 0.15) is 36.2 Å². The Labute approximate surface area is 175 Å². The zero-order valence-corrected chi connectivity index (χ0v) is 16.6. The number of carbonyl (C=O) groups is 1. The van der Waals surface area contributed by atoms with Gasteiger partial charge >= 0.3 is 12.1 Å². The van der Waals surface area contributed by atoms with Crippen LogP contribution in [0.4, 0.5) is 17.6 Å².